The number of aliphatic imine (C=N–C) groups is 1. The van der Waals surface area contributed by atoms with Crippen LogP contribution in [0.1, 0.15) is 26.7 Å². The second-order valence-corrected chi connectivity index (χ2v) is 2.17. The Hall–Kier alpha value is -1.72. The van der Waals surface area contributed by atoms with Gasteiger partial charge in [-0.2, -0.15) is 0 Å². The number of hydrogen-bond donors (Lipinski definition) is 1. The van der Waals surface area contributed by atoms with E-state index in [1.165, 1.54) is 27.3 Å². The molecule has 0 saturated carbocycles. The number of nitrogens with zero attached hydrogens (tertiary/aromatic N) is 1. The van der Waals surface area contributed by atoms with Crippen molar-refractivity contribution in [1.82, 2.24) is 0 Å². The molecule has 0 rings (SSSR count). The van der Waals surface area contributed by atoms with E-state index in [0.29, 0.717) is 12.8 Å². The summed E-state index contributed by atoms with van der Waals surface area (Å²) >= 11 is 0. The van der Waals surface area contributed by atoms with Crippen molar-refractivity contribution in [3.8, 4) is 0 Å². The fourth-order valence-electron chi connectivity index (χ4n) is 0.289. The lowest BCUT2D eigenvalue weighted by Crippen LogP contribution is -1.94. The number of hydrogen-bond acceptors (Lipinski definition) is 7. The summed E-state index contributed by atoms with van der Waals surface area (Å²) in [4.78, 5) is 31.7. The van der Waals surface area contributed by atoms with Crippen LogP contribution in [0.4, 0.5) is 0 Å². The number of methoxy groups -OCH3 is 2. The average molecular weight is 265 g/mol. The van der Waals surface area contributed by atoms with Crippen LogP contribution in [0.25, 0.3) is 0 Å². The highest BCUT2D eigenvalue weighted by Crippen LogP contribution is 1.76. The molecule has 1 N–H and O–H groups in total. The molecular formula is C11H23NO6. The summed E-state index contributed by atoms with van der Waals surface area (Å²) in [5.41, 5.74) is 0. The Morgan fingerprint density at radius 1 is 1.06 bits per heavy atom. The van der Waals surface area contributed by atoms with Crippen molar-refractivity contribution in [2.24, 2.45) is 4.99 Å². The van der Waals surface area contributed by atoms with Crippen molar-refractivity contribution in [3.05, 3.63) is 0 Å². The molecular weight excluding hydrogens is 242 g/mol. The fraction of sp³-hybridized carbons (Fsp3) is 0.727. The molecule has 0 spiro atoms. The van der Waals surface area contributed by atoms with E-state index in [-0.39, 0.29) is 11.9 Å². The predicted octanol–water partition coefficient (Wildman–Crippen LogP) is 0.699. The number of ether oxygens (including phenoxy) is 2. The Balaban J connectivity index is -0.0000000777. The standard InChI is InChI=1S/2C4H8O2.C2H3NO.CH4O/c2*1-3-4(5)6-2;1-3-2-4;1-2/h2*3H2,1-2H3;1H3;2H,1H3. The van der Waals surface area contributed by atoms with Crippen LogP contribution in [0.5, 0.6) is 0 Å². The Morgan fingerprint density at radius 2 is 1.28 bits per heavy atom. The minimum atomic E-state index is -0.157. The molecule has 0 atom stereocenters. The number of rotatable bonds is 2. The van der Waals surface area contributed by atoms with E-state index >= 15 is 0 Å². The average Bonchev–Trinajstić information content (AvgIpc) is 2.48. The summed E-state index contributed by atoms with van der Waals surface area (Å²) in [6.45, 7) is 3.51. The first-order valence-electron chi connectivity index (χ1n) is 5.08. The molecule has 0 aromatic rings. The molecule has 0 unspecified atom stereocenters. The van der Waals surface area contributed by atoms with E-state index in [1.807, 2.05) is 0 Å². The molecule has 0 aliphatic heterocycles. The largest absolute Gasteiger partial charge is 0.469 e. The number of aliphatic hydroxyl groups excluding tert-OH is 1. The zero-order valence-electron chi connectivity index (χ0n) is 11.8. The van der Waals surface area contributed by atoms with E-state index in [0.717, 1.165) is 7.11 Å². The molecule has 0 saturated heterocycles. The van der Waals surface area contributed by atoms with Crippen molar-refractivity contribution in [1.29, 1.82) is 0 Å². The molecule has 0 fully saturated rings. The van der Waals surface area contributed by atoms with Gasteiger partial charge in [0.15, 0.2) is 0 Å². The first kappa shape index (κ1) is 25.2. The van der Waals surface area contributed by atoms with Gasteiger partial charge in [0, 0.05) is 27.0 Å². The summed E-state index contributed by atoms with van der Waals surface area (Å²) in [7, 11) is 5.14. The van der Waals surface area contributed by atoms with Gasteiger partial charge in [-0.1, -0.05) is 13.8 Å². The molecule has 0 aromatic heterocycles. The van der Waals surface area contributed by atoms with Gasteiger partial charge in [-0.05, 0) is 0 Å². The van der Waals surface area contributed by atoms with E-state index in [9.17, 15) is 9.59 Å². The van der Waals surface area contributed by atoms with Crippen LogP contribution in [0.2, 0.25) is 0 Å². The van der Waals surface area contributed by atoms with Crippen LogP contribution < -0.4 is 0 Å². The van der Waals surface area contributed by atoms with Gasteiger partial charge in [0.2, 0.25) is 6.08 Å². The highest BCUT2D eigenvalue weighted by molar-refractivity contribution is 5.68. The van der Waals surface area contributed by atoms with E-state index in [2.05, 4.69) is 14.5 Å². The predicted molar refractivity (Wildman–Crippen MR) is 66.8 cm³/mol. The van der Waals surface area contributed by atoms with Crippen molar-refractivity contribution in [2.45, 2.75) is 26.7 Å². The van der Waals surface area contributed by atoms with Crippen LogP contribution in [-0.2, 0) is 23.9 Å². The van der Waals surface area contributed by atoms with E-state index in [1.54, 1.807) is 13.8 Å². The second kappa shape index (κ2) is 29.5. The highest BCUT2D eigenvalue weighted by Gasteiger charge is 1.88. The summed E-state index contributed by atoms with van der Waals surface area (Å²) in [5.74, 6) is -0.315. The highest BCUT2D eigenvalue weighted by atomic mass is 16.5. The van der Waals surface area contributed by atoms with Crippen LogP contribution in [0.15, 0.2) is 4.99 Å². The van der Waals surface area contributed by atoms with E-state index in [4.69, 9.17) is 9.90 Å². The van der Waals surface area contributed by atoms with Gasteiger partial charge in [0.1, 0.15) is 0 Å². The Bertz CT molecular complexity index is 196. The molecule has 0 bridgehead atoms. The second-order valence-electron chi connectivity index (χ2n) is 2.17. The SMILES string of the molecule is CCC(=O)OC.CCC(=O)OC.CN=C=O.CO. The molecule has 7 heteroatoms. The minimum Gasteiger partial charge on any atom is -0.469 e. The summed E-state index contributed by atoms with van der Waals surface area (Å²) < 4.78 is 8.52. The summed E-state index contributed by atoms with van der Waals surface area (Å²) in [6, 6.07) is 0. The summed E-state index contributed by atoms with van der Waals surface area (Å²) in [5, 5.41) is 7.00. The molecule has 7 nitrogen and oxygen atoms in total. The van der Waals surface area contributed by atoms with Crippen LogP contribution >= 0.6 is 0 Å². The topological polar surface area (TPSA) is 102 Å². The molecule has 0 amide bonds. The number of aliphatic hydroxyl groups is 1. The maximum atomic E-state index is 9.96. The molecule has 18 heavy (non-hydrogen) atoms. The Labute approximate surface area is 108 Å². The zero-order chi connectivity index (χ0) is 15.4. The molecule has 0 aliphatic rings. The van der Waals surface area contributed by atoms with E-state index < -0.39 is 0 Å². The lowest BCUT2D eigenvalue weighted by atomic mass is 10.5. The van der Waals surface area contributed by atoms with Gasteiger partial charge >= 0.3 is 11.9 Å². The first-order valence-corrected chi connectivity index (χ1v) is 5.08. The van der Waals surface area contributed by atoms with Crippen molar-refractivity contribution >= 4 is 18.0 Å². The van der Waals surface area contributed by atoms with Crippen molar-refractivity contribution in [3.63, 3.8) is 0 Å². The lowest BCUT2D eigenvalue weighted by Gasteiger charge is -1.87. The molecule has 108 valence electrons. The van der Waals surface area contributed by atoms with Crippen LogP contribution in [0.3, 0.4) is 0 Å². The number of isocyanates is 1. The molecule has 0 heterocycles. The van der Waals surface area contributed by atoms with Gasteiger partial charge < -0.3 is 14.6 Å². The molecule has 0 aliphatic carbocycles. The van der Waals surface area contributed by atoms with Crippen LogP contribution in [-0.4, -0.2) is 51.5 Å². The third-order valence-corrected chi connectivity index (χ3v) is 1.12. The lowest BCUT2D eigenvalue weighted by molar-refractivity contribution is -0.141. The quantitative estimate of drug-likeness (QED) is 0.448. The number of carbonyl (C=O) groups excluding carboxylic acids is 3. The monoisotopic (exact) mass is 265 g/mol. The zero-order valence-corrected chi connectivity index (χ0v) is 11.8. The van der Waals surface area contributed by atoms with Crippen molar-refractivity contribution in [2.75, 3.05) is 28.4 Å². The minimum absolute atomic E-state index is 0.157. The maximum absolute atomic E-state index is 9.96. The Kier molecular flexibility index (Phi) is 41.3. The first-order chi connectivity index (χ1) is 8.53. The third-order valence-electron chi connectivity index (χ3n) is 1.12. The van der Waals surface area contributed by atoms with Gasteiger partial charge in [-0.3, -0.25) is 9.59 Å². The van der Waals surface area contributed by atoms with Gasteiger partial charge in [0.05, 0.1) is 14.2 Å². The number of esters is 2. The third kappa shape index (κ3) is 47.5. The van der Waals surface area contributed by atoms with Gasteiger partial charge in [-0.15, -0.1) is 0 Å². The van der Waals surface area contributed by atoms with Crippen LogP contribution in [0, 0.1) is 0 Å². The number of carbonyl (C=O) groups is 2. The fourth-order valence-corrected chi connectivity index (χ4v) is 0.289. The smallest absolute Gasteiger partial charge is 0.305 e. The van der Waals surface area contributed by atoms with Gasteiger partial charge in [0.25, 0.3) is 0 Å². The summed E-state index contributed by atoms with van der Waals surface area (Å²) in [6.07, 6.45) is 2.24. The Morgan fingerprint density at radius 3 is 1.28 bits per heavy atom. The molecule has 0 aromatic carbocycles. The maximum Gasteiger partial charge on any atom is 0.305 e. The van der Waals surface area contributed by atoms with Crippen molar-refractivity contribution < 1.29 is 29.0 Å². The molecule has 0 radical (unpaired) electrons. The van der Waals surface area contributed by atoms with Gasteiger partial charge in [-0.25, -0.2) is 9.79 Å². The normalized spacial score (nSPS) is 6.39.